The summed E-state index contributed by atoms with van der Waals surface area (Å²) in [6, 6.07) is 0.348. The van der Waals surface area contributed by atoms with Crippen molar-refractivity contribution in [3.63, 3.8) is 0 Å². The van der Waals surface area contributed by atoms with Gasteiger partial charge in [0, 0.05) is 23.2 Å². The SMILES string of the molecule is CC(C)n1cc(-c2nc(C(C)(C)C)sc2N)cn1. The summed E-state index contributed by atoms with van der Waals surface area (Å²) < 4.78 is 1.92. The smallest absolute Gasteiger partial charge is 0.114 e. The van der Waals surface area contributed by atoms with Crippen LogP contribution in [0.3, 0.4) is 0 Å². The summed E-state index contributed by atoms with van der Waals surface area (Å²) in [6.45, 7) is 10.6. The summed E-state index contributed by atoms with van der Waals surface area (Å²) in [6.07, 6.45) is 3.83. The van der Waals surface area contributed by atoms with Crippen molar-refractivity contribution in [2.45, 2.75) is 46.1 Å². The van der Waals surface area contributed by atoms with Crippen LogP contribution in [-0.4, -0.2) is 14.8 Å². The molecule has 2 rings (SSSR count). The Balaban J connectivity index is 2.41. The van der Waals surface area contributed by atoms with Crippen molar-refractivity contribution in [3.8, 4) is 11.3 Å². The van der Waals surface area contributed by atoms with Gasteiger partial charge in [0.2, 0.25) is 0 Å². The molecule has 0 radical (unpaired) electrons. The van der Waals surface area contributed by atoms with Gasteiger partial charge < -0.3 is 5.73 Å². The first-order chi connectivity index (χ1) is 8.29. The van der Waals surface area contributed by atoms with E-state index in [1.165, 1.54) is 0 Å². The maximum Gasteiger partial charge on any atom is 0.114 e. The summed E-state index contributed by atoms with van der Waals surface area (Å²) in [5.41, 5.74) is 7.96. The first-order valence-corrected chi connectivity index (χ1v) is 6.92. The standard InChI is InChI=1S/C13H20N4S/c1-8(2)17-7-9(6-15-17)10-11(14)18-12(16-10)13(3,4)5/h6-8H,14H2,1-5H3. The van der Waals surface area contributed by atoms with Crippen LogP contribution >= 0.6 is 11.3 Å². The molecule has 0 spiro atoms. The highest BCUT2D eigenvalue weighted by Gasteiger charge is 2.21. The summed E-state index contributed by atoms with van der Waals surface area (Å²) >= 11 is 1.56. The predicted molar refractivity (Wildman–Crippen MR) is 76.8 cm³/mol. The van der Waals surface area contributed by atoms with E-state index in [-0.39, 0.29) is 5.41 Å². The van der Waals surface area contributed by atoms with Crippen LogP contribution in [0.1, 0.15) is 45.7 Å². The van der Waals surface area contributed by atoms with Crippen molar-refractivity contribution in [2.75, 3.05) is 5.73 Å². The monoisotopic (exact) mass is 264 g/mol. The third-order valence-electron chi connectivity index (χ3n) is 2.70. The summed E-state index contributed by atoms with van der Waals surface area (Å²) in [5, 5.41) is 6.16. The van der Waals surface area contributed by atoms with Gasteiger partial charge in [-0.15, -0.1) is 11.3 Å². The lowest BCUT2D eigenvalue weighted by atomic mass is 9.98. The van der Waals surface area contributed by atoms with Crippen molar-refractivity contribution in [2.24, 2.45) is 0 Å². The molecule has 0 atom stereocenters. The molecular weight excluding hydrogens is 244 g/mol. The second kappa shape index (κ2) is 4.39. The van der Waals surface area contributed by atoms with E-state index in [1.54, 1.807) is 11.3 Å². The number of nitrogen functional groups attached to an aromatic ring is 1. The zero-order valence-corrected chi connectivity index (χ0v) is 12.4. The Labute approximate surface area is 112 Å². The van der Waals surface area contributed by atoms with Crippen molar-refractivity contribution < 1.29 is 0 Å². The van der Waals surface area contributed by atoms with Crippen LogP contribution in [0.15, 0.2) is 12.4 Å². The topological polar surface area (TPSA) is 56.7 Å². The Kier molecular flexibility index (Phi) is 3.19. The van der Waals surface area contributed by atoms with Gasteiger partial charge in [-0.05, 0) is 13.8 Å². The summed E-state index contributed by atoms with van der Waals surface area (Å²) in [4.78, 5) is 4.66. The van der Waals surface area contributed by atoms with E-state index < -0.39 is 0 Å². The molecule has 0 bridgehead atoms. The van der Waals surface area contributed by atoms with Crippen molar-refractivity contribution in [3.05, 3.63) is 17.4 Å². The van der Waals surface area contributed by atoms with Gasteiger partial charge in [0.25, 0.3) is 0 Å². The molecule has 18 heavy (non-hydrogen) atoms. The first kappa shape index (κ1) is 13.1. The Morgan fingerprint density at radius 1 is 1.33 bits per heavy atom. The zero-order chi connectivity index (χ0) is 13.5. The highest BCUT2D eigenvalue weighted by atomic mass is 32.1. The number of nitrogens with two attached hydrogens (primary N) is 1. The number of hydrogen-bond donors (Lipinski definition) is 1. The van der Waals surface area contributed by atoms with Gasteiger partial charge in [-0.1, -0.05) is 20.8 Å². The first-order valence-electron chi connectivity index (χ1n) is 6.10. The third kappa shape index (κ3) is 2.41. The number of aromatic nitrogens is 3. The fourth-order valence-electron chi connectivity index (χ4n) is 1.60. The zero-order valence-electron chi connectivity index (χ0n) is 11.6. The second-order valence-corrected chi connectivity index (χ2v) is 6.82. The van der Waals surface area contributed by atoms with Crippen LogP contribution in [-0.2, 0) is 5.41 Å². The molecule has 0 aliphatic rings. The van der Waals surface area contributed by atoms with Crippen LogP contribution < -0.4 is 5.73 Å². The molecule has 4 nitrogen and oxygen atoms in total. The summed E-state index contributed by atoms with van der Waals surface area (Å²) in [7, 11) is 0. The predicted octanol–water partition coefficient (Wildman–Crippen LogP) is 3.47. The fourth-order valence-corrected chi connectivity index (χ4v) is 2.51. The molecule has 2 heterocycles. The minimum Gasteiger partial charge on any atom is -0.389 e. The lowest BCUT2D eigenvalue weighted by Gasteiger charge is -2.13. The molecular formula is C13H20N4S. The lowest BCUT2D eigenvalue weighted by Crippen LogP contribution is -2.10. The van der Waals surface area contributed by atoms with Gasteiger partial charge in [0.1, 0.15) is 15.7 Å². The van der Waals surface area contributed by atoms with Crippen molar-refractivity contribution >= 4 is 16.3 Å². The van der Waals surface area contributed by atoms with E-state index in [0.29, 0.717) is 6.04 Å². The van der Waals surface area contributed by atoms with Crippen molar-refractivity contribution in [1.29, 1.82) is 0 Å². The lowest BCUT2D eigenvalue weighted by molar-refractivity contribution is 0.532. The maximum atomic E-state index is 6.07. The molecule has 5 heteroatoms. The van der Waals surface area contributed by atoms with E-state index in [2.05, 4.69) is 44.7 Å². The maximum absolute atomic E-state index is 6.07. The molecule has 2 N–H and O–H groups in total. The van der Waals surface area contributed by atoms with Gasteiger partial charge in [0.05, 0.1) is 6.20 Å². The third-order valence-corrected chi connectivity index (χ3v) is 4.01. The summed E-state index contributed by atoms with van der Waals surface area (Å²) in [5.74, 6) is 0. The highest BCUT2D eigenvalue weighted by Crippen LogP contribution is 2.36. The minimum absolute atomic E-state index is 0.0328. The van der Waals surface area contributed by atoms with Gasteiger partial charge in [-0.3, -0.25) is 4.68 Å². The number of anilines is 1. The van der Waals surface area contributed by atoms with Gasteiger partial charge in [-0.25, -0.2) is 4.98 Å². The second-order valence-electron chi connectivity index (χ2n) is 5.78. The van der Waals surface area contributed by atoms with E-state index >= 15 is 0 Å². The molecule has 0 amide bonds. The van der Waals surface area contributed by atoms with Crippen LogP contribution in [0.2, 0.25) is 0 Å². The molecule has 2 aromatic rings. The van der Waals surface area contributed by atoms with E-state index in [4.69, 9.17) is 5.73 Å². The van der Waals surface area contributed by atoms with Crippen molar-refractivity contribution in [1.82, 2.24) is 14.8 Å². The Morgan fingerprint density at radius 3 is 2.44 bits per heavy atom. The fraction of sp³-hybridized carbons (Fsp3) is 0.538. The van der Waals surface area contributed by atoms with E-state index in [0.717, 1.165) is 21.3 Å². The molecule has 2 aromatic heterocycles. The molecule has 0 saturated carbocycles. The highest BCUT2D eigenvalue weighted by molar-refractivity contribution is 7.16. The Hall–Kier alpha value is -1.36. The minimum atomic E-state index is 0.0328. The Morgan fingerprint density at radius 2 is 2.00 bits per heavy atom. The quantitative estimate of drug-likeness (QED) is 0.903. The Bertz CT molecular complexity index is 546. The average Bonchev–Trinajstić information content (AvgIpc) is 2.81. The molecule has 0 aliphatic carbocycles. The van der Waals surface area contributed by atoms with Gasteiger partial charge >= 0.3 is 0 Å². The average molecular weight is 264 g/mol. The normalized spacial score (nSPS) is 12.3. The molecule has 0 saturated heterocycles. The largest absolute Gasteiger partial charge is 0.389 e. The van der Waals surface area contributed by atoms with Gasteiger partial charge in [0.15, 0.2) is 0 Å². The van der Waals surface area contributed by atoms with Crippen LogP contribution in [0, 0.1) is 0 Å². The number of hydrogen-bond acceptors (Lipinski definition) is 4. The van der Waals surface area contributed by atoms with Crippen LogP contribution in [0.5, 0.6) is 0 Å². The molecule has 0 aromatic carbocycles. The van der Waals surface area contributed by atoms with E-state index in [1.807, 2.05) is 17.1 Å². The number of thiazole rings is 1. The van der Waals surface area contributed by atoms with E-state index in [9.17, 15) is 0 Å². The molecule has 98 valence electrons. The molecule has 0 aliphatic heterocycles. The van der Waals surface area contributed by atoms with Gasteiger partial charge in [-0.2, -0.15) is 5.10 Å². The number of rotatable bonds is 2. The number of nitrogens with zero attached hydrogens (tertiary/aromatic N) is 3. The molecule has 0 unspecified atom stereocenters. The van der Waals surface area contributed by atoms with Crippen LogP contribution in [0.25, 0.3) is 11.3 Å². The molecule has 0 fully saturated rings. The van der Waals surface area contributed by atoms with Crippen LogP contribution in [0.4, 0.5) is 5.00 Å².